The summed E-state index contributed by atoms with van der Waals surface area (Å²) in [6, 6.07) is 11.1. The molecule has 1 saturated carbocycles. The van der Waals surface area contributed by atoms with Crippen molar-refractivity contribution in [2.24, 2.45) is 5.92 Å². The van der Waals surface area contributed by atoms with Gasteiger partial charge in [0.25, 0.3) is 0 Å². The Labute approximate surface area is 151 Å². The average molecular weight is 358 g/mol. The molecule has 1 atom stereocenters. The van der Waals surface area contributed by atoms with E-state index < -0.39 is 17.4 Å². The van der Waals surface area contributed by atoms with Crippen LogP contribution in [0.4, 0.5) is 5.69 Å². The van der Waals surface area contributed by atoms with Gasteiger partial charge in [-0.25, -0.2) is 0 Å². The smallest absolute Gasteiger partial charge is 0.313 e. The fourth-order valence-corrected chi connectivity index (χ4v) is 3.85. The molecule has 5 nitrogen and oxygen atoms in total. The molecular weight excluding hydrogens is 336 g/mol. The van der Waals surface area contributed by atoms with E-state index in [2.05, 4.69) is 10.6 Å². The molecule has 1 fully saturated rings. The van der Waals surface area contributed by atoms with Crippen LogP contribution in [0.5, 0.6) is 0 Å². The number of nitrogens with one attached hydrogen (secondary N) is 2. The number of hydrogen-bond acceptors (Lipinski definition) is 4. The number of benzene rings is 1. The zero-order valence-corrected chi connectivity index (χ0v) is 14.9. The first-order valence-electron chi connectivity index (χ1n) is 8.48. The van der Waals surface area contributed by atoms with E-state index in [1.165, 1.54) is 11.3 Å². The molecule has 1 unspecified atom stereocenters. The van der Waals surface area contributed by atoms with Crippen LogP contribution in [0.1, 0.15) is 30.2 Å². The van der Waals surface area contributed by atoms with Crippen molar-refractivity contribution in [3.05, 3.63) is 52.2 Å². The Morgan fingerprint density at radius 2 is 1.96 bits per heavy atom. The minimum Gasteiger partial charge on any atom is -0.382 e. The monoisotopic (exact) mass is 358 g/mol. The molecule has 3 rings (SSSR count). The third-order valence-electron chi connectivity index (χ3n) is 4.57. The Morgan fingerprint density at radius 1 is 1.20 bits per heavy atom. The Morgan fingerprint density at radius 3 is 2.60 bits per heavy atom. The first-order valence-corrected chi connectivity index (χ1v) is 9.36. The molecule has 1 aromatic carbocycles. The number of aliphatic hydroxyl groups is 1. The van der Waals surface area contributed by atoms with Crippen molar-refractivity contribution in [1.29, 1.82) is 0 Å². The molecule has 2 amide bonds. The predicted octanol–water partition coefficient (Wildman–Crippen LogP) is 2.66. The summed E-state index contributed by atoms with van der Waals surface area (Å²) in [6.07, 6.45) is 2.62. The maximum absolute atomic E-state index is 12.2. The molecule has 0 bridgehead atoms. The number of rotatable bonds is 6. The second-order valence-corrected chi connectivity index (χ2v) is 7.27. The van der Waals surface area contributed by atoms with Crippen molar-refractivity contribution in [2.75, 3.05) is 11.9 Å². The van der Waals surface area contributed by atoms with Gasteiger partial charge in [0.05, 0.1) is 6.54 Å². The molecule has 25 heavy (non-hydrogen) atoms. The largest absolute Gasteiger partial charge is 0.382 e. The van der Waals surface area contributed by atoms with Crippen LogP contribution in [0.2, 0.25) is 0 Å². The summed E-state index contributed by atoms with van der Waals surface area (Å²) in [5.41, 5.74) is 0.517. The summed E-state index contributed by atoms with van der Waals surface area (Å²) in [6.45, 7) is 2.03. The number of anilines is 1. The van der Waals surface area contributed by atoms with Gasteiger partial charge in [0, 0.05) is 10.6 Å². The lowest BCUT2D eigenvalue weighted by Gasteiger charge is -2.27. The maximum atomic E-state index is 12.2. The maximum Gasteiger partial charge on any atom is 0.313 e. The fraction of sp³-hybridized carbons (Fsp3) is 0.368. The second-order valence-electron chi connectivity index (χ2n) is 6.32. The molecule has 1 aliphatic carbocycles. The van der Waals surface area contributed by atoms with Gasteiger partial charge in [-0.05, 0) is 48.3 Å². The van der Waals surface area contributed by atoms with Gasteiger partial charge in [0.1, 0.15) is 5.60 Å². The van der Waals surface area contributed by atoms with Crippen molar-refractivity contribution in [3.8, 4) is 0 Å². The number of hydrogen-bond donors (Lipinski definition) is 3. The third kappa shape index (κ3) is 3.91. The van der Waals surface area contributed by atoms with Crippen LogP contribution in [0, 0.1) is 5.92 Å². The van der Waals surface area contributed by atoms with Gasteiger partial charge in [0.15, 0.2) is 0 Å². The van der Waals surface area contributed by atoms with Gasteiger partial charge in [0.2, 0.25) is 0 Å². The number of thiophene rings is 1. The predicted molar refractivity (Wildman–Crippen MR) is 98.4 cm³/mol. The second kappa shape index (κ2) is 7.37. The molecule has 0 aliphatic heterocycles. The van der Waals surface area contributed by atoms with E-state index in [0.29, 0.717) is 5.69 Å². The first-order chi connectivity index (χ1) is 12.0. The minimum atomic E-state index is -1.09. The van der Waals surface area contributed by atoms with Gasteiger partial charge in [-0.15, -0.1) is 11.3 Å². The van der Waals surface area contributed by atoms with Gasteiger partial charge in [-0.1, -0.05) is 31.2 Å². The zero-order chi connectivity index (χ0) is 17.9. The lowest BCUT2D eigenvalue weighted by atomic mass is 9.95. The number of carbonyl (C=O) groups excluding carboxylic acids is 2. The molecule has 132 valence electrons. The minimum absolute atomic E-state index is 0.0415. The van der Waals surface area contributed by atoms with E-state index >= 15 is 0 Å². The molecule has 0 saturated heterocycles. The van der Waals surface area contributed by atoms with Crippen LogP contribution in [-0.4, -0.2) is 23.5 Å². The SMILES string of the molecule is CCc1ccccc1NC(=O)C(=O)NCC(O)(c1cccs1)C1CC1. The first kappa shape index (κ1) is 17.6. The van der Waals surface area contributed by atoms with Crippen molar-refractivity contribution in [2.45, 2.75) is 31.8 Å². The highest BCUT2D eigenvalue weighted by Crippen LogP contribution is 2.46. The molecule has 0 radical (unpaired) electrons. The van der Waals surface area contributed by atoms with E-state index in [-0.39, 0.29) is 12.5 Å². The highest BCUT2D eigenvalue weighted by Gasteiger charge is 2.46. The number of carbonyl (C=O) groups is 2. The topological polar surface area (TPSA) is 78.4 Å². The van der Waals surface area contributed by atoms with E-state index in [9.17, 15) is 14.7 Å². The molecule has 1 aromatic heterocycles. The standard InChI is InChI=1S/C19H22N2O3S/c1-2-13-6-3-4-7-15(13)21-18(23)17(22)20-12-19(24,14-9-10-14)16-8-5-11-25-16/h3-8,11,14,24H,2,9-10,12H2,1H3,(H,20,22)(H,21,23). The average Bonchev–Trinajstić information content (AvgIpc) is 3.34. The highest BCUT2D eigenvalue weighted by molar-refractivity contribution is 7.10. The summed E-state index contributed by atoms with van der Waals surface area (Å²) >= 11 is 1.46. The Bertz CT molecular complexity index is 756. The molecule has 1 heterocycles. The molecular formula is C19H22N2O3S. The Kier molecular flexibility index (Phi) is 5.20. The van der Waals surface area contributed by atoms with Crippen LogP contribution in [0.25, 0.3) is 0 Å². The van der Waals surface area contributed by atoms with Crippen LogP contribution in [0.3, 0.4) is 0 Å². The van der Waals surface area contributed by atoms with E-state index in [0.717, 1.165) is 29.7 Å². The summed E-state index contributed by atoms with van der Waals surface area (Å²) in [5.74, 6) is -1.32. The summed E-state index contributed by atoms with van der Waals surface area (Å²) in [5, 5.41) is 18.1. The van der Waals surface area contributed by atoms with Crippen molar-refractivity contribution in [3.63, 3.8) is 0 Å². The number of amides is 2. The molecule has 2 aromatic rings. The lowest BCUT2D eigenvalue weighted by molar-refractivity contribution is -0.137. The van der Waals surface area contributed by atoms with Crippen molar-refractivity contribution in [1.82, 2.24) is 5.32 Å². The van der Waals surface area contributed by atoms with Crippen molar-refractivity contribution < 1.29 is 14.7 Å². The van der Waals surface area contributed by atoms with Crippen LogP contribution in [0.15, 0.2) is 41.8 Å². The normalized spacial score (nSPS) is 16.1. The Balaban J connectivity index is 1.62. The lowest BCUT2D eigenvalue weighted by Crippen LogP contribution is -2.45. The van der Waals surface area contributed by atoms with Crippen LogP contribution >= 0.6 is 11.3 Å². The highest BCUT2D eigenvalue weighted by atomic mass is 32.1. The van der Waals surface area contributed by atoms with Crippen LogP contribution < -0.4 is 10.6 Å². The summed E-state index contributed by atoms with van der Waals surface area (Å²) < 4.78 is 0. The molecule has 0 spiro atoms. The van der Waals surface area contributed by atoms with Gasteiger partial charge < -0.3 is 15.7 Å². The molecule has 6 heteroatoms. The van der Waals surface area contributed by atoms with Crippen LogP contribution in [-0.2, 0) is 21.6 Å². The number of aryl methyl sites for hydroxylation is 1. The van der Waals surface area contributed by atoms with Gasteiger partial charge >= 0.3 is 11.8 Å². The quantitative estimate of drug-likeness (QED) is 0.695. The van der Waals surface area contributed by atoms with Gasteiger partial charge in [-0.3, -0.25) is 9.59 Å². The summed E-state index contributed by atoms with van der Waals surface area (Å²) in [7, 11) is 0. The van der Waals surface area contributed by atoms with E-state index in [1.807, 2.05) is 42.6 Å². The molecule has 3 N–H and O–H groups in total. The molecule has 1 aliphatic rings. The number of para-hydroxylation sites is 1. The van der Waals surface area contributed by atoms with E-state index in [4.69, 9.17) is 0 Å². The van der Waals surface area contributed by atoms with Crippen molar-refractivity contribution >= 4 is 28.8 Å². The van der Waals surface area contributed by atoms with E-state index in [1.54, 1.807) is 6.07 Å². The summed E-state index contributed by atoms with van der Waals surface area (Å²) in [4.78, 5) is 25.2. The van der Waals surface area contributed by atoms with Gasteiger partial charge in [-0.2, -0.15) is 0 Å². The Hall–Kier alpha value is -2.18. The zero-order valence-electron chi connectivity index (χ0n) is 14.1. The third-order valence-corrected chi connectivity index (χ3v) is 5.61. The fourth-order valence-electron chi connectivity index (χ4n) is 2.94.